The summed E-state index contributed by atoms with van der Waals surface area (Å²) in [6, 6.07) is 22.8. The second-order valence-corrected chi connectivity index (χ2v) is 10.1. The normalized spacial score (nSPS) is 11.0. The molecule has 0 saturated heterocycles. The molecular weight excluding hydrogens is 513 g/mol. The highest BCUT2D eigenvalue weighted by atomic mass is 35.5. The zero-order chi connectivity index (χ0) is 25.4. The predicted octanol–water partition coefficient (Wildman–Crippen LogP) is 8.09. The van der Waals surface area contributed by atoms with E-state index in [0.717, 1.165) is 39.1 Å². The lowest BCUT2D eigenvalue weighted by Crippen LogP contribution is -2.12. The van der Waals surface area contributed by atoms with Crippen LogP contribution in [0.4, 0.5) is 11.4 Å². The smallest absolute Gasteiger partial charge is 0.267 e. The molecule has 0 aliphatic rings. The summed E-state index contributed by atoms with van der Waals surface area (Å²) >= 11 is 13.5. The summed E-state index contributed by atoms with van der Waals surface area (Å²) in [5.41, 5.74) is 12.2. The van der Waals surface area contributed by atoms with Crippen LogP contribution in [0, 0.1) is 6.92 Å². The Kier molecular flexibility index (Phi) is 6.58. The molecule has 0 unspecified atom stereocenters. The Hall–Kier alpha value is -3.58. The van der Waals surface area contributed by atoms with E-state index in [1.54, 1.807) is 25.3 Å². The molecule has 2 heterocycles. The molecule has 8 heteroatoms. The lowest BCUT2D eigenvalue weighted by Gasteiger charge is -2.10. The summed E-state index contributed by atoms with van der Waals surface area (Å²) in [5, 5.41) is 4.41. The summed E-state index contributed by atoms with van der Waals surface area (Å²) in [6.45, 7) is 2.04. The van der Waals surface area contributed by atoms with E-state index in [-0.39, 0.29) is 5.91 Å². The molecule has 0 aliphatic heterocycles. The van der Waals surface area contributed by atoms with E-state index in [0.29, 0.717) is 31.1 Å². The second kappa shape index (κ2) is 9.82. The van der Waals surface area contributed by atoms with Crippen molar-refractivity contribution in [3.05, 3.63) is 93.3 Å². The van der Waals surface area contributed by atoms with Gasteiger partial charge in [-0.05, 0) is 66.6 Å². The molecule has 0 spiro atoms. The Balaban J connectivity index is 1.65. The van der Waals surface area contributed by atoms with Gasteiger partial charge in [0.05, 0.1) is 29.2 Å². The molecule has 0 saturated carbocycles. The number of nitrogens with one attached hydrogen (secondary N) is 1. The number of nitrogens with two attached hydrogens (primary N) is 1. The van der Waals surface area contributed by atoms with Gasteiger partial charge in [-0.1, -0.05) is 53.0 Å². The van der Waals surface area contributed by atoms with Crippen LogP contribution in [0.1, 0.15) is 15.2 Å². The van der Waals surface area contributed by atoms with Crippen molar-refractivity contribution in [2.75, 3.05) is 18.2 Å². The van der Waals surface area contributed by atoms with Gasteiger partial charge in [0.25, 0.3) is 5.91 Å². The zero-order valence-electron chi connectivity index (χ0n) is 19.4. The van der Waals surface area contributed by atoms with Crippen molar-refractivity contribution in [2.24, 2.45) is 0 Å². The summed E-state index contributed by atoms with van der Waals surface area (Å²) in [6.07, 6.45) is 0. The number of thiophene rings is 1. The number of fused-ring (bicyclic) bond motifs is 1. The van der Waals surface area contributed by atoms with Crippen molar-refractivity contribution >= 4 is 62.0 Å². The molecule has 0 aliphatic carbocycles. The highest BCUT2D eigenvalue weighted by Gasteiger charge is 2.22. The Bertz CT molecular complexity index is 1600. The molecule has 5 aromatic rings. The molecule has 36 heavy (non-hydrogen) atoms. The number of amides is 1. The predicted molar refractivity (Wildman–Crippen MR) is 151 cm³/mol. The van der Waals surface area contributed by atoms with Crippen molar-refractivity contribution in [1.29, 1.82) is 0 Å². The SMILES string of the molecule is COc1ccc(-c2cc(-c3ccc(C)cc3)c3c(N)c(C(=O)Nc4ccc(Cl)cc4Cl)sc3n2)cc1. The van der Waals surface area contributed by atoms with Gasteiger partial charge in [0.1, 0.15) is 15.5 Å². The largest absolute Gasteiger partial charge is 0.497 e. The summed E-state index contributed by atoms with van der Waals surface area (Å²) in [5.74, 6) is 0.402. The van der Waals surface area contributed by atoms with Crippen LogP contribution in [-0.2, 0) is 0 Å². The first-order valence-electron chi connectivity index (χ1n) is 11.0. The van der Waals surface area contributed by atoms with Gasteiger partial charge < -0.3 is 15.8 Å². The molecule has 3 aromatic carbocycles. The van der Waals surface area contributed by atoms with Crippen LogP contribution in [0.2, 0.25) is 10.0 Å². The molecule has 0 radical (unpaired) electrons. The summed E-state index contributed by atoms with van der Waals surface area (Å²) < 4.78 is 5.29. The molecule has 0 bridgehead atoms. The quantitative estimate of drug-likeness (QED) is 0.239. The second-order valence-electron chi connectivity index (χ2n) is 8.25. The fraction of sp³-hybridized carbons (Fsp3) is 0.0714. The molecule has 3 N–H and O–H groups in total. The standard InChI is InChI=1S/C28H21Cl2N3O2S/c1-15-3-5-16(6-4-15)20-14-23(17-7-10-19(35-2)11-8-17)33-28-24(20)25(31)26(36-28)27(34)32-22-12-9-18(29)13-21(22)30/h3-14H,31H2,1-2H3,(H,32,34). The number of rotatable bonds is 5. The van der Waals surface area contributed by atoms with Crippen LogP contribution in [0.15, 0.2) is 72.8 Å². The Labute approximate surface area is 222 Å². The highest BCUT2D eigenvalue weighted by Crippen LogP contribution is 2.42. The van der Waals surface area contributed by atoms with E-state index in [4.69, 9.17) is 38.7 Å². The summed E-state index contributed by atoms with van der Waals surface area (Å²) in [7, 11) is 1.63. The van der Waals surface area contributed by atoms with Crippen molar-refractivity contribution in [2.45, 2.75) is 6.92 Å². The molecule has 1 amide bonds. The molecule has 180 valence electrons. The zero-order valence-corrected chi connectivity index (χ0v) is 21.8. The molecule has 2 aromatic heterocycles. The van der Waals surface area contributed by atoms with Gasteiger partial charge >= 0.3 is 0 Å². The lowest BCUT2D eigenvalue weighted by molar-refractivity contribution is 0.103. The third kappa shape index (κ3) is 4.63. The first-order valence-corrected chi connectivity index (χ1v) is 12.6. The van der Waals surface area contributed by atoms with Crippen molar-refractivity contribution < 1.29 is 9.53 Å². The minimum Gasteiger partial charge on any atom is -0.497 e. The van der Waals surface area contributed by atoms with E-state index < -0.39 is 0 Å². The van der Waals surface area contributed by atoms with E-state index in [1.807, 2.05) is 61.5 Å². The van der Waals surface area contributed by atoms with Gasteiger partial charge in [-0.2, -0.15) is 0 Å². The van der Waals surface area contributed by atoms with Crippen molar-refractivity contribution in [3.8, 4) is 28.1 Å². The number of benzene rings is 3. The molecule has 0 atom stereocenters. The number of aromatic nitrogens is 1. The Morgan fingerprint density at radius 3 is 2.33 bits per heavy atom. The molecular formula is C28H21Cl2N3O2S. The number of aryl methyl sites for hydroxylation is 1. The molecule has 5 rings (SSSR count). The van der Waals surface area contributed by atoms with E-state index in [1.165, 1.54) is 11.3 Å². The number of anilines is 2. The number of carbonyl (C=O) groups excluding carboxylic acids is 1. The third-order valence-corrected chi connectivity index (χ3v) is 7.48. The van der Waals surface area contributed by atoms with E-state index in [2.05, 4.69) is 5.32 Å². The third-order valence-electron chi connectivity index (χ3n) is 5.83. The van der Waals surface area contributed by atoms with Gasteiger partial charge in [-0.3, -0.25) is 4.79 Å². The van der Waals surface area contributed by atoms with Crippen molar-refractivity contribution in [1.82, 2.24) is 4.98 Å². The Morgan fingerprint density at radius 1 is 0.972 bits per heavy atom. The minimum absolute atomic E-state index is 0.343. The highest BCUT2D eigenvalue weighted by molar-refractivity contribution is 7.21. The number of carbonyl (C=O) groups is 1. The van der Waals surface area contributed by atoms with Gasteiger partial charge in [0.15, 0.2) is 0 Å². The summed E-state index contributed by atoms with van der Waals surface area (Å²) in [4.78, 5) is 19.2. The van der Waals surface area contributed by atoms with Crippen LogP contribution in [0.3, 0.4) is 0 Å². The first kappa shape index (κ1) is 24.1. The monoisotopic (exact) mass is 533 g/mol. The average molecular weight is 534 g/mol. The number of nitrogens with zero attached hydrogens (tertiary/aromatic N) is 1. The van der Waals surface area contributed by atoms with Crippen LogP contribution in [0.25, 0.3) is 32.6 Å². The molecule has 0 fully saturated rings. The molecule has 5 nitrogen and oxygen atoms in total. The van der Waals surface area contributed by atoms with E-state index in [9.17, 15) is 4.79 Å². The topological polar surface area (TPSA) is 77.2 Å². The number of nitrogen functional groups attached to an aromatic ring is 1. The van der Waals surface area contributed by atoms with Crippen molar-refractivity contribution in [3.63, 3.8) is 0 Å². The van der Waals surface area contributed by atoms with Gasteiger partial charge in [-0.25, -0.2) is 4.98 Å². The van der Waals surface area contributed by atoms with Crippen LogP contribution >= 0.6 is 34.5 Å². The van der Waals surface area contributed by atoms with Crippen LogP contribution in [-0.4, -0.2) is 18.0 Å². The van der Waals surface area contributed by atoms with E-state index >= 15 is 0 Å². The van der Waals surface area contributed by atoms with Gasteiger partial charge in [0, 0.05) is 16.0 Å². The lowest BCUT2D eigenvalue weighted by atomic mass is 9.98. The Morgan fingerprint density at radius 2 is 1.67 bits per heavy atom. The number of hydrogen-bond acceptors (Lipinski definition) is 5. The number of ether oxygens (including phenoxy) is 1. The average Bonchev–Trinajstić information content (AvgIpc) is 3.22. The maximum Gasteiger partial charge on any atom is 0.267 e. The van der Waals surface area contributed by atoms with Crippen LogP contribution in [0.5, 0.6) is 5.75 Å². The number of pyridine rings is 1. The maximum absolute atomic E-state index is 13.2. The first-order chi connectivity index (χ1) is 17.3. The number of methoxy groups -OCH3 is 1. The fourth-order valence-corrected chi connectivity index (χ4v) is 5.40. The minimum atomic E-state index is -0.361. The van der Waals surface area contributed by atoms with Gasteiger partial charge in [0.2, 0.25) is 0 Å². The van der Waals surface area contributed by atoms with Crippen LogP contribution < -0.4 is 15.8 Å². The fourth-order valence-electron chi connectivity index (χ4n) is 3.93. The number of halogens is 2. The van der Waals surface area contributed by atoms with Gasteiger partial charge in [-0.15, -0.1) is 11.3 Å². The maximum atomic E-state index is 13.2. The number of hydrogen-bond donors (Lipinski definition) is 2.